The monoisotopic (exact) mass is 245 g/mol. The van der Waals surface area contributed by atoms with Gasteiger partial charge in [0.1, 0.15) is 5.75 Å². The van der Waals surface area contributed by atoms with E-state index in [9.17, 15) is 0 Å². The molecule has 2 N–H and O–H groups in total. The van der Waals surface area contributed by atoms with Crippen molar-refractivity contribution < 1.29 is 14.9 Å². The fourth-order valence-electron chi connectivity index (χ4n) is 1.54. The first-order valence-electron chi connectivity index (χ1n) is 5.75. The van der Waals surface area contributed by atoms with E-state index in [4.69, 9.17) is 14.9 Å². The van der Waals surface area contributed by atoms with Crippen LogP contribution in [-0.4, -0.2) is 21.8 Å². The average molecular weight is 245 g/mol. The molecule has 0 aliphatic carbocycles. The second-order valence-electron chi connectivity index (χ2n) is 3.88. The molecule has 0 unspecified atom stereocenters. The third-order valence-electron chi connectivity index (χ3n) is 2.53. The number of ether oxygens (including phenoxy) is 1. The second-order valence-corrected chi connectivity index (χ2v) is 3.88. The van der Waals surface area contributed by atoms with Gasteiger partial charge in [-0.05, 0) is 35.7 Å². The molecule has 1 heterocycles. The summed E-state index contributed by atoms with van der Waals surface area (Å²) in [5, 5.41) is 17.7. The SMILES string of the molecule is OCCc1ccc(Oc2ccc(CO)cn2)cc1. The number of pyridine rings is 1. The zero-order valence-corrected chi connectivity index (χ0v) is 9.91. The maximum absolute atomic E-state index is 8.90. The topological polar surface area (TPSA) is 62.6 Å². The highest BCUT2D eigenvalue weighted by Gasteiger charge is 1.99. The van der Waals surface area contributed by atoms with Crippen LogP contribution < -0.4 is 4.74 Å². The molecule has 0 saturated carbocycles. The van der Waals surface area contributed by atoms with Crippen molar-refractivity contribution in [3.8, 4) is 11.6 Å². The predicted molar refractivity (Wildman–Crippen MR) is 67.5 cm³/mol. The van der Waals surface area contributed by atoms with E-state index in [1.54, 1.807) is 18.3 Å². The summed E-state index contributed by atoms with van der Waals surface area (Å²) in [4.78, 5) is 4.08. The molecule has 0 atom stereocenters. The molecule has 4 nitrogen and oxygen atoms in total. The van der Waals surface area contributed by atoms with Crippen molar-refractivity contribution >= 4 is 0 Å². The molecule has 1 aromatic carbocycles. The first kappa shape index (κ1) is 12.5. The van der Waals surface area contributed by atoms with Crippen LogP contribution in [0.3, 0.4) is 0 Å². The predicted octanol–water partition coefficient (Wildman–Crippen LogP) is 1.90. The molecule has 0 fully saturated rings. The van der Waals surface area contributed by atoms with Gasteiger partial charge in [-0.25, -0.2) is 4.98 Å². The Kier molecular flexibility index (Phi) is 4.28. The van der Waals surface area contributed by atoms with Gasteiger partial charge >= 0.3 is 0 Å². The summed E-state index contributed by atoms with van der Waals surface area (Å²) in [5.41, 5.74) is 1.81. The lowest BCUT2D eigenvalue weighted by Crippen LogP contribution is -1.92. The maximum Gasteiger partial charge on any atom is 0.219 e. The van der Waals surface area contributed by atoms with Gasteiger partial charge in [-0.2, -0.15) is 0 Å². The van der Waals surface area contributed by atoms with Gasteiger partial charge < -0.3 is 14.9 Å². The molecule has 0 aliphatic rings. The van der Waals surface area contributed by atoms with Gasteiger partial charge in [-0.1, -0.05) is 12.1 Å². The summed E-state index contributed by atoms with van der Waals surface area (Å²) >= 11 is 0. The van der Waals surface area contributed by atoms with Crippen LogP contribution in [0.4, 0.5) is 0 Å². The average Bonchev–Trinajstić information content (AvgIpc) is 2.42. The van der Waals surface area contributed by atoms with Gasteiger partial charge in [0, 0.05) is 18.9 Å². The van der Waals surface area contributed by atoms with E-state index in [-0.39, 0.29) is 13.2 Å². The van der Waals surface area contributed by atoms with Crippen molar-refractivity contribution in [3.63, 3.8) is 0 Å². The van der Waals surface area contributed by atoms with E-state index in [2.05, 4.69) is 4.98 Å². The number of aromatic nitrogens is 1. The largest absolute Gasteiger partial charge is 0.439 e. The van der Waals surface area contributed by atoms with Gasteiger partial charge in [0.2, 0.25) is 5.88 Å². The number of nitrogens with zero attached hydrogens (tertiary/aromatic N) is 1. The molecule has 0 spiro atoms. The summed E-state index contributed by atoms with van der Waals surface area (Å²) in [6, 6.07) is 11.0. The summed E-state index contributed by atoms with van der Waals surface area (Å²) in [7, 11) is 0. The summed E-state index contributed by atoms with van der Waals surface area (Å²) in [6.07, 6.45) is 2.22. The molecule has 94 valence electrons. The van der Waals surface area contributed by atoms with Gasteiger partial charge in [-0.15, -0.1) is 0 Å². The van der Waals surface area contributed by atoms with Crippen molar-refractivity contribution in [1.82, 2.24) is 4.98 Å². The normalized spacial score (nSPS) is 10.3. The summed E-state index contributed by atoms with van der Waals surface area (Å²) < 4.78 is 5.56. The Balaban J connectivity index is 2.03. The Labute approximate surface area is 106 Å². The fourth-order valence-corrected chi connectivity index (χ4v) is 1.54. The third-order valence-corrected chi connectivity index (χ3v) is 2.53. The van der Waals surface area contributed by atoms with Crippen molar-refractivity contribution in [2.45, 2.75) is 13.0 Å². The van der Waals surface area contributed by atoms with Crippen LogP contribution in [0.15, 0.2) is 42.6 Å². The van der Waals surface area contributed by atoms with Crippen LogP contribution in [0.5, 0.6) is 11.6 Å². The van der Waals surface area contributed by atoms with Gasteiger partial charge in [0.15, 0.2) is 0 Å². The fraction of sp³-hybridized carbons (Fsp3) is 0.214. The lowest BCUT2D eigenvalue weighted by Gasteiger charge is -2.06. The molecule has 0 amide bonds. The number of benzene rings is 1. The Morgan fingerprint density at radius 2 is 1.67 bits per heavy atom. The maximum atomic E-state index is 8.90. The minimum absolute atomic E-state index is 0.0247. The molecule has 2 aromatic rings. The highest BCUT2D eigenvalue weighted by atomic mass is 16.5. The molecular formula is C14H15NO3. The highest BCUT2D eigenvalue weighted by Crippen LogP contribution is 2.20. The lowest BCUT2D eigenvalue weighted by molar-refractivity contribution is 0.281. The zero-order chi connectivity index (χ0) is 12.8. The van der Waals surface area contributed by atoms with E-state index >= 15 is 0 Å². The van der Waals surface area contributed by atoms with Crippen molar-refractivity contribution in [1.29, 1.82) is 0 Å². The quantitative estimate of drug-likeness (QED) is 0.844. The third kappa shape index (κ3) is 3.29. The van der Waals surface area contributed by atoms with E-state index in [1.165, 1.54) is 0 Å². The molecule has 4 heteroatoms. The molecule has 2 rings (SSSR count). The van der Waals surface area contributed by atoms with Crippen molar-refractivity contribution in [2.24, 2.45) is 0 Å². The molecular weight excluding hydrogens is 230 g/mol. The van der Waals surface area contributed by atoms with Crippen LogP contribution >= 0.6 is 0 Å². The van der Waals surface area contributed by atoms with E-state index in [0.29, 0.717) is 18.1 Å². The Morgan fingerprint density at radius 1 is 0.944 bits per heavy atom. The van der Waals surface area contributed by atoms with Crippen LogP contribution in [0.2, 0.25) is 0 Å². The number of aliphatic hydroxyl groups is 2. The van der Waals surface area contributed by atoms with Gasteiger partial charge in [0.25, 0.3) is 0 Å². The summed E-state index contributed by atoms with van der Waals surface area (Å²) in [5.74, 6) is 1.18. The van der Waals surface area contributed by atoms with Crippen LogP contribution in [-0.2, 0) is 13.0 Å². The van der Waals surface area contributed by atoms with Crippen molar-refractivity contribution in [3.05, 3.63) is 53.7 Å². The first-order chi connectivity index (χ1) is 8.81. The number of hydrogen-bond donors (Lipinski definition) is 2. The minimum atomic E-state index is -0.0247. The van der Waals surface area contributed by atoms with Crippen LogP contribution in [0.1, 0.15) is 11.1 Å². The summed E-state index contributed by atoms with van der Waals surface area (Å²) in [6.45, 7) is 0.119. The van der Waals surface area contributed by atoms with E-state index < -0.39 is 0 Å². The molecule has 0 saturated heterocycles. The van der Waals surface area contributed by atoms with Gasteiger partial charge in [0.05, 0.1) is 6.61 Å². The Hall–Kier alpha value is -1.91. The molecule has 0 bridgehead atoms. The Morgan fingerprint density at radius 3 is 2.22 bits per heavy atom. The second kappa shape index (κ2) is 6.14. The highest BCUT2D eigenvalue weighted by molar-refractivity contribution is 5.31. The van der Waals surface area contributed by atoms with Gasteiger partial charge in [-0.3, -0.25) is 0 Å². The standard InChI is InChI=1S/C14H15NO3/c16-8-7-11-1-4-13(5-2-11)18-14-6-3-12(10-17)9-15-14/h1-6,9,16-17H,7-8,10H2. The minimum Gasteiger partial charge on any atom is -0.439 e. The van der Waals surface area contributed by atoms with E-state index in [0.717, 1.165) is 11.1 Å². The molecule has 18 heavy (non-hydrogen) atoms. The van der Waals surface area contributed by atoms with Crippen LogP contribution in [0, 0.1) is 0 Å². The number of aliphatic hydroxyl groups excluding tert-OH is 2. The smallest absolute Gasteiger partial charge is 0.219 e. The Bertz CT molecular complexity index is 479. The van der Waals surface area contributed by atoms with Crippen LogP contribution in [0.25, 0.3) is 0 Å². The molecule has 0 aliphatic heterocycles. The lowest BCUT2D eigenvalue weighted by atomic mass is 10.1. The molecule has 1 aromatic heterocycles. The zero-order valence-electron chi connectivity index (χ0n) is 9.91. The number of hydrogen-bond acceptors (Lipinski definition) is 4. The first-order valence-corrected chi connectivity index (χ1v) is 5.75. The number of rotatable bonds is 5. The molecule has 0 radical (unpaired) electrons. The van der Waals surface area contributed by atoms with E-state index in [1.807, 2.05) is 24.3 Å². The van der Waals surface area contributed by atoms with Crippen molar-refractivity contribution in [2.75, 3.05) is 6.61 Å².